The number of carbonyl (C=O) groups excluding carboxylic acids is 1. The lowest BCUT2D eigenvalue weighted by molar-refractivity contribution is -0.124. The highest BCUT2D eigenvalue weighted by atomic mass is 16.1. The lowest BCUT2D eigenvalue weighted by atomic mass is 9.71. The second-order valence-corrected chi connectivity index (χ2v) is 7.81. The van der Waals surface area contributed by atoms with Crippen LogP contribution in [0, 0.1) is 11.3 Å². The van der Waals surface area contributed by atoms with Gasteiger partial charge >= 0.3 is 0 Å². The van der Waals surface area contributed by atoms with Crippen molar-refractivity contribution in [2.24, 2.45) is 17.1 Å². The van der Waals surface area contributed by atoms with E-state index in [-0.39, 0.29) is 11.3 Å². The Morgan fingerprint density at radius 2 is 1.91 bits per heavy atom. The van der Waals surface area contributed by atoms with Crippen LogP contribution in [0.4, 0.5) is 0 Å². The van der Waals surface area contributed by atoms with E-state index in [9.17, 15) is 4.79 Å². The molecule has 2 rings (SSSR count). The second-order valence-electron chi connectivity index (χ2n) is 7.81. The molecule has 22 heavy (non-hydrogen) atoms. The number of carbonyl (C=O) groups is 1. The molecular formula is C18H35N3O. The number of hydrogen-bond donors (Lipinski definition) is 2. The summed E-state index contributed by atoms with van der Waals surface area (Å²) in [6.07, 6.45) is 9.19. The fourth-order valence-electron chi connectivity index (χ4n) is 4.02. The first-order valence-electron chi connectivity index (χ1n) is 9.25. The average Bonchev–Trinajstić information content (AvgIpc) is 2.54. The van der Waals surface area contributed by atoms with Crippen molar-refractivity contribution in [2.45, 2.75) is 71.3 Å². The summed E-state index contributed by atoms with van der Waals surface area (Å²) >= 11 is 0. The molecule has 0 spiro atoms. The Morgan fingerprint density at radius 3 is 2.50 bits per heavy atom. The predicted octanol–water partition coefficient (Wildman–Crippen LogP) is 2.52. The van der Waals surface area contributed by atoms with Gasteiger partial charge in [-0.3, -0.25) is 9.69 Å². The Morgan fingerprint density at radius 1 is 1.27 bits per heavy atom. The van der Waals surface area contributed by atoms with Crippen LogP contribution in [0.25, 0.3) is 0 Å². The monoisotopic (exact) mass is 309 g/mol. The maximum atomic E-state index is 12.3. The number of hydrogen-bond acceptors (Lipinski definition) is 3. The molecule has 4 heteroatoms. The van der Waals surface area contributed by atoms with Crippen molar-refractivity contribution < 1.29 is 4.79 Å². The zero-order valence-electron chi connectivity index (χ0n) is 14.6. The van der Waals surface area contributed by atoms with Crippen LogP contribution in [-0.4, -0.2) is 43.0 Å². The molecule has 0 aromatic carbocycles. The van der Waals surface area contributed by atoms with Gasteiger partial charge in [0.15, 0.2) is 0 Å². The second kappa shape index (κ2) is 8.30. The smallest absolute Gasteiger partial charge is 0.220 e. The molecule has 0 radical (unpaired) electrons. The van der Waals surface area contributed by atoms with Crippen LogP contribution < -0.4 is 11.1 Å². The summed E-state index contributed by atoms with van der Waals surface area (Å²) < 4.78 is 0. The van der Waals surface area contributed by atoms with Crippen LogP contribution in [0.5, 0.6) is 0 Å². The zero-order chi connectivity index (χ0) is 16.0. The first-order chi connectivity index (χ1) is 10.5. The van der Waals surface area contributed by atoms with Crippen molar-refractivity contribution in [3.05, 3.63) is 0 Å². The molecule has 1 saturated carbocycles. The van der Waals surface area contributed by atoms with Crippen molar-refractivity contribution in [1.29, 1.82) is 0 Å². The minimum Gasteiger partial charge on any atom is -0.355 e. The number of amides is 1. The lowest BCUT2D eigenvalue weighted by Crippen LogP contribution is -2.46. The van der Waals surface area contributed by atoms with Crippen LogP contribution in [-0.2, 0) is 4.79 Å². The van der Waals surface area contributed by atoms with Crippen molar-refractivity contribution in [3.63, 3.8) is 0 Å². The molecule has 128 valence electrons. The maximum Gasteiger partial charge on any atom is 0.220 e. The molecule has 1 unspecified atom stereocenters. The van der Waals surface area contributed by atoms with Crippen LogP contribution in [0.1, 0.15) is 65.2 Å². The Labute approximate surface area is 136 Å². The number of nitrogens with zero attached hydrogens (tertiary/aromatic N) is 1. The van der Waals surface area contributed by atoms with E-state index in [1.54, 1.807) is 0 Å². The maximum absolute atomic E-state index is 12.3. The standard InChI is InChI=1S/C18H35N3O/c1-15-6-10-21(11-7-15)16(2)13-20-17(22)12-18(14-19)8-4-3-5-9-18/h15-16H,3-14,19H2,1-2H3,(H,20,22). The summed E-state index contributed by atoms with van der Waals surface area (Å²) in [5, 5.41) is 3.16. The normalized spacial score (nSPS) is 24.9. The van der Waals surface area contributed by atoms with Crippen LogP contribution in [0.3, 0.4) is 0 Å². The Bertz CT molecular complexity index is 344. The molecule has 0 bridgehead atoms. The third kappa shape index (κ3) is 4.95. The molecule has 2 aliphatic rings. The lowest BCUT2D eigenvalue weighted by Gasteiger charge is -2.37. The van der Waals surface area contributed by atoms with E-state index in [1.165, 1.54) is 45.2 Å². The van der Waals surface area contributed by atoms with Gasteiger partial charge < -0.3 is 11.1 Å². The zero-order valence-corrected chi connectivity index (χ0v) is 14.6. The molecule has 0 aromatic heterocycles. The van der Waals surface area contributed by atoms with Crippen molar-refractivity contribution in [2.75, 3.05) is 26.2 Å². The first kappa shape index (κ1) is 17.7. The van der Waals surface area contributed by atoms with E-state index >= 15 is 0 Å². The third-order valence-electron chi connectivity index (χ3n) is 5.92. The van der Waals surface area contributed by atoms with Gasteiger partial charge in [0.1, 0.15) is 0 Å². The van der Waals surface area contributed by atoms with E-state index in [0.717, 1.165) is 25.3 Å². The minimum absolute atomic E-state index is 0.0755. The average molecular weight is 309 g/mol. The van der Waals surface area contributed by atoms with Gasteiger partial charge in [-0.15, -0.1) is 0 Å². The Kier molecular flexibility index (Phi) is 6.69. The van der Waals surface area contributed by atoms with Gasteiger partial charge in [0.25, 0.3) is 0 Å². The van der Waals surface area contributed by atoms with Gasteiger partial charge in [-0.1, -0.05) is 26.2 Å². The van der Waals surface area contributed by atoms with Crippen LogP contribution in [0.2, 0.25) is 0 Å². The van der Waals surface area contributed by atoms with Crippen molar-refractivity contribution in [1.82, 2.24) is 10.2 Å². The fourth-order valence-corrected chi connectivity index (χ4v) is 4.02. The number of likely N-dealkylation sites (tertiary alicyclic amines) is 1. The highest BCUT2D eigenvalue weighted by Crippen LogP contribution is 2.38. The number of nitrogens with one attached hydrogen (secondary N) is 1. The molecule has 4 nitrogen and oxygen atoms in total. The van der Waals surface area contributed by atoms with Gasteiger partial charge in [0.2, 0.25) is 5.91 Å². The van der Waals surface area contributed by atoms with E-state index in [1.807, 2.05) is 0 Å². The first-order valence-corrected chi connectivity index (χ1v) is 9.25. The van der Waals surface area contributed by atoms with Gasteiger partial charge in [-0.25, -0.2) is 0 Å². The van der Waals surface area contributed by atoms with Gasteiger partial charge in [0, 0.05) is 19.0 Å². The Hall–Kier alpha value is -0.610. The van der Waals surface area contributed by atoms with Crippen LogP contribution >= 0.6 is 0 Å². The highest BCUT2D eigenvalue weighted by Gasteiger charge is 2.33. The van der Waals surface area contributed by atoms with Crippen LogP contribution in [0.15, 0.2) is 0 Å². The minimum atomic E-state index is 0.0755. The molecule has 3 N–H and O–H groups in total. The molecule has 1 heterocycles. The quantitative estimate of drug-likeness (QED) is 0.792. The number of piperidine rings is 1. The summed E-state index contributed by atoms with van der Waals surface area (Å²) in [6.45, 7) is 8.33. The molecule has 1 atom stereocenters. The molecule has 1 amide bonds. The molecular weight excluding hydrogens is 274 g/mol. The van der Waals surface area contributed by atoms with E-state index in [0.29, 0.717) is 19.0 Å². The Balaban J connectivity index is 1.72. The third-order valence-corrected chi connectivity index (χ3v) is 5.92. The van der Waals surface area contributed by atoms with Gasteiger partial charge in [-0.2, -0.15) is 0 Å². The molecule has 2 fully saturated rings. The summed E-state index contributed by atoms with van der Waals surface area (Å²) in [7, 11) is 0. The summed E-state index contributed by atoms with van der Waals surface area (Å²) in [5.41, 5.74) is 6.06. The SMILES string of the molecule is CC1CCN(C(C)CNC(=O)CC2(CN)CCCCC2)CC1. The van der Waals surface area contributed by atoms with Crippen molar-refractivity contribution >= 4 is 5.91 Å². The summed E-state index contributed by atoms with van der Waals surface area (Å²) in [6, 6.07) is 0.441. The molecule has 1 aliphatic carbocycles. The number of rotatable bonds is 6. The predicted molar refractivity (Wildman–Crippen MR) is 91.6 cm³/mol. The molecule has 1 aliphatic heterocycles. The fraction of sp³-hybridized carbons (Fsp3) is 0.944. The summed E-state index contributed by atoms with van der Waals surface area (Å²) in [4.78, 5) is 14.8. The topological polar surface area (TPSA) is 58.4 Å². The van der Waals surface area contributed by atoms with E-state index in [4.69, 9.17) is 5.73 Å². The van der Waals surface area contributed by atoms with Gasteiger partial charge in [0.05, 0.1) is 0 Å². The van der Waals surface area contributed by atoms with Gasteiger partial charge in [-0.05, 0) is 63.6 Å². The van der Waals surface area contributed by atoms with Crippen molar-refractivity contribution in [3.8, 4) is 0 Å². The summed E-state index contributed by atoms with van der Waals surface area (Å²) in [5.74, 6) is 1.05. The number of nitrogens with two attached hydrogens (primary N) is 1. The van der Waals surface area contributed by atoms with E-state index < -0.39 is 0 Å². The highest BCUT2D eigenvalue weighted by molar-refractivity contribution is 5.76. The van der Waals surface area contributed by atoms with E-state index in [2.05, 4.69) is 24.1 Å². The largest absolute Gasteiger partial charge is 0.355 e. The molecule has 0 aromatic rings. The molecule has 1 saturated heterocycles.